The fraction of sp³-hybridized carbons (Fsp3) is 0.348. The first-order valence-electron chi connectivity index (χ1n) is 10.8. The Balaban J connectivity index is 1.43. The average Bonchev–Trinajstić information content (AvgIpc) is 3.44. The Morgan fingerprint density at radius 1 is 1.12 bits per heavy atom. The second-order valence-corrected chi connectivity index (χ2v) is 8.18. The number of H-pyrrole nitrogens is 1. The third kappa shape index (κ3) is 3.64. The molecule has 0 aliphatic carbocycles. The molecule has 1 atom stereocenters. The van der Waals surface area contributed by atoms with E-state index in [1.165, 1.54) is 4.57 Å². The van der Waals surface area contributed by atoms with Crippen LogP contribution in [0.1, 0.15) is 12.8 Å². The van der Waals surface area contributed by atoms with E-state index in [4.69, 9.17) is 4.74 Å². The van der Waals surface area contributed by atoms with Gasteiger partial charge in [-0.15, -0.1) is 0 Å². The summed E-state index contributed by atoms with van der Waals surface area (Å²) < 4.78 is 8.86. The van der Waals surface area contributed by atoms with E-state index >= 15 is 0 Å². The van der Waals surface area contributed by atoms with Crippen LogP contribution in [0.5, 0.6) is 5.75 Å². The Morgan fingerprint density at radius 2 is 1.88 bits per heavy atom. The first-order valence-corrected chi connectivity index (χ1v) is 10.8. The number of aliphatic hydroxyl groups excluding tert-OH is 1. The van der Waals surface area contributed by atoms with Gasteiger partial charge in [0.05, 0.1) is 6.54 Å². The molecule has 1 fully saturated rings. The number of rotatable bonds is 6. The predicted molar refractivity (Wildman–Crippen MR) is 122 cm³/mol. The molecule has 166 valence electrons. The molecule has 32 heavy (non-hydrogen) atoms. The fourth-order valence-corrected chi connectivity index (χ4v) is 4.27. The van der Waals surface area contributed by atoms with Crippen molar-refractivity contribution in [3.8, 4) is 5.75 Å². The van der Waals surface area contributed by atoms with Gasteiger partial charge in [-0.3, -0.25) is 14.3 Å². The molecule has 1 unspecified atom stereocenters. The molecule has 9 heteroatoms. The van der Waals surface area contributed by atoms with Crippen molar-refractivity contribution in [2.45, 2.75) is 25.5 Å². The number of hydrogen-bond donors (Lipinski definition) is 2. The van der Waals surface area contributed by atoms with Crippen LogP contribution in [0.25, 0.3) is 21.9 Å². The highest BCUT2D eigenvalue weighted by Crippen LogP contribution is 2.24. The molecule has 4 aromatic rings. The smallest absolute Gasteiger partial charge is 0.329 e. The predicted octanol–water partition coefficient (Wildman–Crippen LogP) is 1.62. The van der Waals surface area contributed by atoms with Gasteiger partial charge in [-0.25, -0.2) is 4.79 Å². The second kappa shape index (κ2) is 8.16. The maximum atomic E-state index is 12.6. The molecule has 5 rings (SSSR count). The van der Waals surface area contributed by atoms with Gasteiger partial charge >= 0.3 is 5.69 Å². The normalized spacial score (nSPS) is 15.0. The Hall–Kier alpha value is -3.59. The minimum Gasteiger partial charge on any atom is -0.491 e. The van der Waals surface area contributed by atoms with Crippen molar-refractivity contribution in [2.24, 2.45) is 7.05 Å². The average molecular weight is 435 g/mol. The molecule has 3 heterocycles. The van der Waals surface area contributed by atoms with Gasteiger partial charge in [0.2, 0.25) is 5.95 Å². The monoisotopic (exact) mass is 435 g/mol. The van der Waals surface area contributed by atoms with E-state index in [-0.39, 0.29) is 18.7 Å². The van der Waals surface area contributed by atoms with Crippen molar-refractivity contribution in [3.63, 3.8) is 0 Å². The molecule has 2 N–H and O–H groups in total. The molecule has 0 spiro atoms. The molecule has 1 aliphatic heterocycles. The lowest BCUT2D eigenvalue weighted by Gasteiger charge is -2.20. The van der Waals surface area contributed by atoms with Crippen LogP contribution in [-0.2, 0) is 13.6 Å². The summed E-state index contributed by atoms with van der Waals surface area (Å²) in [7, 11) is 1.57. The van der Waals surface area contributed by atoms with E-state index in [0.29, 0.717) is 17.3 Å². The standard InChI is InChI=1S/C23H25N5O4/c1-26-20-19(21(30)25-23(26)31)28(22(24-20)27-10-4-5-11-27)13-17(29)14-32-18-9-8-15-6-2-3-7-16(15)12-18/h2-3,6-9,12,17,29H,4-5,10-11,13-14H2,1H3,(H,25,30,31). The summed E-state index contributed by atoms with van der Waals surface area (Å²) in [5.41, 5.74) is -0.439. The number of benzene rings is 2. The van der Waals surface area contributed by atoms with Gasteiger partial charge in [-0.1, -0.05) is 30.3 Å². The number of ether oxygens (including phenoxy) is 1. The second-order valence-electron chi connectivity index (χ2n) is 8.18. The maximum Gasteiger partial charge on any atom is 0.329 e. The van der Waals surface area contributed by atoms with Gasteiger partial charge in [0.15, 0.2) is 11.2 Å². The SMILES string of the molecule is Cn1c(=O)[nH]c(=O)c2c1nc(N1CCCC1)n2CC(O)COc1ccc2ccccc2c1. The summed E-state index contributed by atoms with van der Waals surface area (Å²) in [6.07, 6.45) is 1.19. The molecule has 0 amide bonds. The van der Waals surface area contributed by atoms with Crippen molar-refractivity contribution in [2.75, 3.05) is 24.6 Å². The number of imidazole rings is 1. The number of nitrogens with zero attached hydrogens (tertiary/aromatic N) is 4. The van der Waals surface area contributed by atoms with E-state index < -0.39 is 17.4 Å². The number of aromatic amines is 1. The first-order chi connectivity index (χ1) is 15.5. The molecule has 1 aliphatic rings. The van der Waals surface area contributed by atoms with Crippen LogP contribution in [0.3, 0.4) is 0 Å². The van der Waals surface area contributed by atoms with Crippen molar-refractivity contribution >= 4 is 27.9 Å². The lowest BCUT2D eigenvalue weighted by molar-refractivity contribution is 0.0937. The van der Waals surface area contributed by atoms with E-state index in [1.54, 1.807) is 11.6 Å². The van der Waals surface area contributed by atoms with Crippen LogP contribution in [0.15, 0.2) is 52.1 Å². The molecular weight excluding hydrogens is 410 g/mol. The molecular formula is C23H25N5O4. The van der Waals surface area contributed by atoms with E-state index in [9.17, 15) is 14.7 Å². The van der Waals surface area contributed by atoms with Crippen LogP contribution in [0, 0.1) is 0 Å². The number of aromatic nitrogens is 4. The highest BCUT2D eigenvalue weighted by molar-refractivity contribution is 5.83. The number of aryl methyl sites for hydroxylation is 1. The number of hydrogen-bond acceptors (Lipinski definition) is 6. The summed E-state index contributed by atoms with van der Waals surface area (Å²) in [5.74, 6) is 1.26. The zero-order valence-corrected chi connectivity index (χ0v) is 17.8. The Labute approximate surface area is 183 Å². The third-order valence-electron chi connectivity index (χ3n) is 5.93. The topological polar surface area (TPSA) is 105 Å². The molecule has 0 radical (unpaired) electrons. The minimum atomic E-state index is -0.878. The van der Waals surface area contributed by atoms with Gasteiger partial charge in [-0.2, -0.15) is 4.98 Å². The Bertz CT molecular complexity index is 1400. The van der Waals surface area contributed by atoms with Crippen LogP contribution in [-0.4, -0.2) is 50.0 Å². The van der Waals surface area contributed by atoms with Gasteiger partial charge in [0.25, 0.3) is 5.56 Å². The van der Waals surface area contributed by atoms with Crippen molar-refractivity contribution in [1.82, 2.24) is 19.1 Å². The lowest BCUT2D eigenvalue weighted by atomic mass is 10.1. The lowest BCUT2D eigenvalue weighted by Crippen LogP contribution is -2.31. The molecule has 2 aromatic heterocycles. The minimum absolute atomic E-state index is 0.0567. The number of anilines is 1. The van der Waals surface area contributed by atoms with Crippen molar-refractivity contribution < 1.29 is 9.84 Å². The van der Waals surface area contributed by atoms with Crippen LogP contribution < -0.4 is 20.9 Å². The summed E-state index contributed by atoms with van der Waals surface area (Å²) in [5, 5.41) is 12.9. The summed E-state index contributed by atoms with van der Waals surface area (Å²) in [4.78, 5) is 33.7. The third-order valence-corrected chi connectivity index (χ3v) is 5.93. The Morgan fingerprint density at radius 3 is 2.66 bits per heavy atom. The van der Waals surface area contributed by atoms with Crippen molar-refractivity contribution in [1.29, 1.82) is 0 Å². The molecule has 2 aromatic carbocycles. The van der Waals surface area contributed by atoms with Gasteiger partial charge in [0.1, 0.15) is 18.5 Å². The quantitative estimate of drug-likeness (QED) is 0.477. The molecule has 1 saturated heterocycles. The van der Waals surface area contributed by atoms with Gasteiger partial charge < -0.3 is 19.3 Å². The first kappa shape index (κ1) is 20.3. The number of nitrogens with one attached hydrogen (secondary N) is 1. The Kier molecular flexibility index (Phi) is 5.18. The van der Waals surface area contributed by atoms with Crippen LogP contribution >= 0.6 is 0 Å². The summed E-state index contributed by atoms with van der Waals surface area (Å²) >= 11 is 0. The highest BCUT2D eigenvalue weighted by atomic mass is 16.5. The zero-order valence-electron chi connectivity index (χ0n) is 17.8. The maximum absolute atomic E-state index is 12.6. The number of fused-ring (bicyclic) bond motifs is 2. The molecule has 9 nitrogen and oxygen atoms in total. The van der Waals surface area contributed by atoms with Crippen LogP contribution in [0.2, 0.25) is 0 Å². The van der Waals surface area contributed by atoms with Crippen LogP contribution in [0.4, 0.5) is 5.95 Å². The summed E-state index contributed by atoms with van der Waals surface area (Å²) in [6.45, 7) is 1.82. The van der Waals surface area contributed by atoms with Crippen molar-refractivity contribution in [3.05, 3.63) is 63.3 Å². The van der Waals surface area contributed by atoms with E-state index in [1.807, 2.05) is 42.5 Å². The summed E-state index contributed by atoms with van der Waals surface area (Å²) in [6, 6.07) is 13.8. The molecule has 0 saturated carbocycles. The van der Waals surface area contributed by atoms with Gasteiger partial charge in [0, 0.05) is 20.1 Å². The number of aliphatic hydroxyl groups is 1. The van der Waals surface area contributed by atoms with E-state index in [2.05, 4.69) is 14.9 Å². The van der Waals surface area contributed by atoms with E-state index in [0.717, 1.165) is 36.7 Å². The largest absolute Gasteiger partial charge is 0.491 e. The zero-order chi connectivity index (χ0) is 22.2. The highest BCUT2D eigenvalue weighted by Gasteiger charge is 2.25. The molecule has 0 bridgehead atoms. The van der Waals surface area contributed by atoms with Gasteiger partial charge in [-0.05, 0) is 35.7 Å². The fourth-order valence-electron chi connectivity index (χ4n) is 4.27.